The normalized spacial score (nSPS) is 10.4. The van der Waals surface area contributed by atoms with E-state index in [1.165, 1.54) is 12.1 Å². The summed E-state index contributed by atoms with van der Waals surface area (Å²) in [7, 11) is 0. The Labute approximate surface area is 137 Å². The Hall–Kier alpha value is -1.92. The monoisotopic (exact) mass is 342 g/mol. The van der Waals surface area contributed by atoms with Crippen LogP contribution in [0.25, 0.3) is 0 Å². The molecule has 116 valence electrons. The van der Waals surface area contributed by atoms with Crippen molar-refractivity contribution in [3.63, 3.8) is 0 Å². The number of hydrogen-bond acceptors (Lipinski definition) is 2. The summed E-state index contributed by atoms with van der Waals surface area (Å²) in [4.78, 5) is 0. The minimum absolute atomic E-state index is 0.0728. The quantitative estimate of drug-likeness (QED) is 0.761. The molecule has 3 nitrogen and oxygen atoms in total. The first-order valence-corrected chi connectivity index (χ1v) is 7.11. The van der Waals surface area contributed by atoms with Gasteiger partial charge in [-0.25, -0.2) is 0 Å². The molecule has 0 atom stereocenters. The number of rotatable bonds is 4. The van der Waals surface area contributed by atoms with E-state index >= 15 is 0 Å². The van der Waals surface area contributed by atoms with E-state index in [9.17, 15) is 8.78 Å². The highest BCUT2D eigenvalue weighted by atomic mass is 35.5. The molecular weight excluding hydrogens is 330 g/mol. The van der Waals surface area contributed by atoms with E-state index in [0.29, 0.717) is 10.8 Å². The summed E-state index contributed by atoms with van der Waals surface area (Å²) in [6, 6.07) is 12.1. The number of aryl methyl sites for hydroxylation is 1. The SMILES string of the molecule is Cc1cccc(NC(=S)Nc2ccc(OC(F)F)c(Cl)c2)c1. The Morgan fingerprint density at radius 2 is 1.82 bits per heavy atom. The van der Waals surface area contributed by atoms with Crippen LogP contribution in [-0.4, -0.2) is 11.7 Å². The molecule has 0 bridgehead atoms. The molecule has 2 N–H and O–H groups in total. The number of hydrogen-bond donors (Lipinski definition) is 2. The van der Waals surface area contributed by atoms with Gasteiger partial charge in [0.2, 0.25) is 0 Å². The van der Waals surface area contributed by atoms with Crippen LogP contribution in [0.5, 0.6) is 5.75 Å². The average molecular weight is 343 g/mol. The van der Waals surface area contributed by atoms with E-state index in [0.717, 1.165) is 11.3 Å². The molecule has 22 heavy (non-hydrogen) atoms. The molecule has 0 spiro atoms. The summed E-state index contributed by atoms with van der Waals surface area (Å²) < 4.78 is 28.6. The molecule has 0 amide bonds. The topological polar surface area (TPSA) is 33.3 Å². The second kappa shape index (κ2) is 7.38. The van der Waals surface area contributed by atoms with E-state index in [-0.39, 0.29) is 10.8 Å². The van der Waals surface area contributed by atoms with E-state index in [4.69, 9.17) is 23.8 Å². The molecular formula is C15H13ClF2N2OS. The third kappa shape index (κ3) is 4.82. The molecule has 0 unspecified atom stereocenters. The van der Waals surface area contributed by atoms with Gasteiger partial charge in [-0.05, 0) is 55.0 Å². The van der Waals surface area contributed by atoms with Crippen molar-refractivity contribution in [3.8, 4) is 5.75 Å². The van der Waals surface area contributed by atoms with Gasteiger partial charge in [-0.15, -0.1) is 0 Å². The zero-order valence-electron chi connectivity index (χ0n) is 11.6. The first kappa shape index (κ1) is 16.5. The Balaban J connectivity index is 2.01. The van der Waals surface area contributed by atoms with Crippen LogP contribution in [-0.2, 0) is 0 Å². The highest BCUT2D eigenvalue weighted by molar-refractivity contribution is 7.80. The van der Waals surface area contributed by atoms with Crippen LogP contribution in [0.4, 0.5) is 20.2 Å². The minimum atomic E-state index is -2.92. The lowest BCUT2D eigenvalue weighted by Gasteiger charge is -2.12. The number of nitrogens with one attached hydrogen (secondary N) is 2. The van der Waals surface area contributed by atoms with Crippen molar-refractivity contribution in [2.24, 2.45) is 0 Å². The number of halogens is 3. The maximum Gasteiger partial charge on any atom is 0.387 e. The molecule has 0 saturated heterocycles. The first-order valence-electron chi connectivity index (χ1n) is 6.33. The molecule has 0 heterocycles. The highest BCUT2D eigenvalue weighted by Crippen LogP contribution is 2.29. The van der Waals surface area contributed by atoms with Crippen molar-refractivity contribution in [3.05, 3.63) is 53.1 Å². The third-order valence-corrected chi connectivity index (χ3v) is 3.18. The van der Waals surface area contributed by atoms with Gasteiger partial charge in [0.1, 0.15) is 5.75 Å². The van der Waals surface area contributed by atoms with Gasteiger partial charge in [-0.2, -0.15) is 8.78 Å². The highest BCUT2D eigenvalue weighted by Gasteiger charge is 2.09. The lowest BCUT2D eigenvalue weighted by atomic mass is 10.2. The van der Waals surface area contributed by atoms with E-state index in [2.05, 4.69) is 15.4 Å². The molecule has 0 aliphatic rings. The fraction of sp³-hybridized carbons (Fsp3) is 0.133. The van der Waals surface area contributed by atoms with Crippen LogP contribution >= 0.6 is 23.8 Å². The van der Waals surface area contributed by atoms with Gasteiger partial charge in [0.25, 0.3) is 0 Å². The maximum atomic E-state index is 12.2. The Kier molecular flexibility index (Phi) is 5.51. The predicted molar refractivity (Wildman–Crippen MR) is 89.1 cm³/mol. The average Bonchev–Trinajstić information content (AvgIpc) is 2.41. The van der Waals surface area contributed by atoms with Crippen molar-refractivity contribution >= 4 is 40.3 Å². The third-order valence-electron chi connectivity index (χ3n) is 2.68. The lowest BCUT2D eigenvalue weighted by molar-refractivity contribution is -0.0497. The fourth-order valence-electron chi connectivity index (χ4n) is 1.79. The molecule has 0 aliphatic carbocycles. The van der Waals surface area contributed by atoms with Crippen molar-refractivity contribution in [2.45, 2.75) is 13.5 Å². The Morgan fingerprint density at radius 3 is 2.41 bits per heavy atom. The number of thiocarbonyl (C=S) groups is 1. The summed E-state index contributed by atoms with van der Waals surface area (Å²) in [5, 5.41) is 6.39. The minimum Gasteiger partial charge on any atom is -0.433 e. The van der Waals surface area contributed by atoms with Gasteiger partial charge in [-0.1, -0.05) is 23.7 Å². The van der Waals surface area contributed by atoms with Crippen LogP contribution in [0.1, 0.15) is 5.56 Å². The predicted octanol–water partition coefficient (Wildman–Crippen LogP) is 5.06. The van der Waals surface area contributed by atoms with E-state index in [1.54, 1.807) is 6.07 Å². The zero-order chi connectivity index (χ0) is 16.1. The van der Waals surface area contributed by atoms with Gasteiger partial charge in [0, 0.05) is 11.4 Å². The Morgan fingerprint density at radius 1 is 1.14 bits per heavy atom. The van der Waals surface area contributed by atoms with Crippen LogP contribution in [0, 0.1) is 6.92 Å². The van der Waals surface area contributed by atoms with Crippen LogP contribution in [0.15, 0.2) is 42.5 Å². The second-order valence-corrected chi connectivity index (χ2v) is 5.29. The zero-order valence-corrected chi connectivity index (χ0v) is 13.1. The summed E-state index contributed by atoms with van der Waals surface area (Å²) >= 11 is 11.1. The van der Waals surface area contributed by atoms with Crippen molar-refractivity contribution in [1.29, 1.82) is 0 Å². The number of ether oxygens (including phenoxy) is 1. The molecule has 0 radical (unpaired) electrons. The van der Waals surface area contributed by atoms with Crippen LogP contribution in [0.3, 0.4) is 0 Å². The second-order valence-electron chi connectivity index (χ2n) is 4.47. The molecule has 7 heteroatoms. The van der Waals surface area contributed by atoms with Crippen molar-refractivity contribution < 1.29 is 13.5 Å². The number of alkyl halides is 2. The summed E-state index contributed by atoms with van der Waals surface area (Å²) in [6.07, 6.45) is 0. The van der Waals surface area contributed by atoms with Crippen molar-refractivity contribution in [2.75, 3.05) is 10.6 Å². The number of anilines is 2. The first-order chi connectivity index (χ1) is 10.4. The number of benzene rings is 2. The smallest absolute Gasteiger partial charge is 0.387 e. The molecule has 2 aromatic rings. The summed E-state index contributed by atoms with van der Waals surface area (Å²) in [5.41, 5.74) is 2.52. The molecule has 0 aromatic heterocycles. The lowest BCUT2D eigenvalue weighted by Crippen LogP contribution is -2.19. The molecule has 2 rings (SSSR count). The Bertz CT molecular complexity index is 682. The molecule has 0 fully saturated rings. The van der Waals surface area contributed by atoms with Crippen LogP contribution in [0.2, 0.25) is 5.02 Å². The fourth-order valence-corrected chi connectivity index (χ4v) is 2.25. The standard InChI is InChI=1S/C15H13ClF2N2OS/c1-9-3-2-4-10(7-9)19-15(22)20-11-5-6-13(12(16)8-11)21-14(17)18/h2-8,14H,1H3,(H2,19,20,22). The van der Waals surface area contributed by atoms with Gasteiger partial charge in [-0.3, -0.25) is 0 Å². The van der Waals surface area contributed by atoms with Gasteiger partial charge < -0.3 is 15.4 Å². The van der Waals surface area contributed by atoms with Gasteiger partial charge >= 0.3 is 6.61 Å². The van der Waals surface area contributed by atoms with Gasteiger partial charge in [0.05, 0.1) is 5.02 Å². The summed E-state index contributed by atoms with van der Waals surface area (Å²) in [6.45, 7) is -0.941. The van der Waals surface area contributed by atoms with Crippen molar-refractivity contribution in [1.82, 2.24) is 0 Å². The van der Waals surface area contributed by atoms with E-state index < -0.39 is 6.61 Å². The largest absolute Gasteiger partial charge is 0.433 e. The van der Waals surface area contributed by atoms with Crippen LogP contribution < -0.4 is 15.4 Å². The molecule has 0 saturated carbocycles. The van der Waals surface area contributed by atoms with E-state index in [1.807, 2.05) is 31.2 Å². The molecule has 2 aromatic carbocycles. The maximum absolute atomic E-state index is 12.2. The molecule has 0 aliphatic heterocycles. The summed E-state index contributed by atoms with van der Waals surface area (Å²) in [5.74, 6) is -0.0835. The van der Waals surface area contributed by atoms with Gasteiger partial charge in [0.15, 0.2) is 5.11 Å².